The van der Waals surface area contributed by atoms with Gasteiger partial charge in [0.05, 0.1) is 48.9 Å². The Morgan fingerprint density at radius 3 is 2.68 bits per heavy atom. The smallest absolute Gasteiger partial charge is 0.259 e. The molecule has 1 saturated heterocycles. The normalized spacial score (nSPS) is 19.7. The van der Waals surface area contributed by atoms with E-state index in [1.165, 1.54) is 22.9 Å². The van der Waals surface area contributed by atoms with Crippen LogP contribution in [0.25, 0.3) is 0 Å². The van der Waals surface area contributed by atoms with Crippen molar-refractivity contribution in [3.8, 4) is 5.75 Å². The summed E-state index contributed by atoms with van der Waals surface area (Å²) in [4.78, 5) is 27.1. The van der Waals surface area contributed by atoms with Crippen molar-refractivity contribution in [2.24, 2.45) is 11.1 Å². The monoisotopic (exact) mass is 594 g/mol. The van der Waals surface area contributed by atoms with Crippen LogP contribution in [0.5, 0.6) is 5.75 Å². The van der Waals surface area contributed by atoms with Gasteiger partial charge in [0.2, 0.25) is 0 Å². The maximum absolute atomic E-state index is 13.2. The standard InChI is InChI=1S/C30H35ClN6O3S/c1-29(2,39)16-37-17-35-21-6-7-22(26(31)25(21)28(37)38)41-24-15-33-23(14-34-24)36-10-8-30(9-11-36)13-18-4-5-19(40-3)12-20(18)27(30)32/h4-7,12,14-15,27,35,39H,8-11,13,16-17,32H2,1-3H3/t27-/m1/s1. The topological polar surface area (TPSA) is 117 Å². The first-order valence-corrected chi connectivity index (χ1v) is 15.0. The number of nitrogens with one attached hydrogen (secondary N) is 1. The number of carbonyl (C=O) groups excluding carboxylic acids is 1. The molecule has 0 saturated carbocycles. The van der Waals surface area contributed by atoms with Crippen molar-refractivity contribution >= 4 is 40.8 Å². The summed E-state index contributed by atoms with van der Waals surface area (Å²) in [5.41, 5.74) is 9.48. The number of aromatic nitrogens is 2. The summed E-state index contributed by atoms with van der Waals surface area (Å²) in [6.45, 7) is 5.60. The average molecular weight is 595 g/mol. The number of methoxy groups -OCH3 is 1. The molecule has 0 unspecified atom stereocenters. The lowest BCUT2D eigenvalue weighted by atomic mass is 9.73. The summed E-state index contributed by atoms with van der Waals surface area (Å²) in [7, 11) is 1.69. The van der Waals surface area contributed by atoms with Gasteiger partial charge in [0.1, 0.15) is 16.6 Å². The van der Waals surface area contributed by atoms with Crippen LogP contribution in [-0.2, 0) is 6.42 Å². The SMILES string of the molecule is COc1ccc2c(c1)[C@@H](N)C1(CCN(c3cnc(Sc4ccc5c(c4Cl)C(=O)N(CC(C)(C)O)CN5)cn3)CC1)C2. The van der Waals surface area contributed by atoms with Crippen molar-refractivity contribution in [1.82, 2.24) is 14.9 Å². The summed E-state index contributed by atoms with van der Waals surface area (Å²) in [6, 6.07) is 10.0. The molecule has 9 nitrogen and oxygen atoms in total. The Labute approximate surface area is 249 Å². The van der Waals surface area contributed by atoms with Crippen LogP contribution in [0.4, 0.5) is 11.5 Å². The zero-order chi connectivity index (χ0) is 28.9. The number of β-amino-alcohol motifs (C(OH)–C–C–N with tert-alkyl or cyclic N) is 1. The van der Waals surface area contributed by atoms with Crippen molar-refractivity contribution in [3.63, 3.8) is 0 Å². The summed E-state index contributed by atoms with van der Waals surface area (Å²) < 4.78 is 5.43. The molecule has 1 spiro atoms. The van der Waals surface area contributed by atoms with Crippen molar-refractivity contribution in [3.05, 3.63) is 64.4 Å². The number of aliphatic hydroxyl groups is 1. The highest BCUT2D eigenvalue weighted by Crippen LogP contribution is 2.51. The van der Waals surface area contributed by atoms with Crippen LogP contribution in [-0.4, -0.2) is 64.9 Å². The molecule has 216 valence electrons. The molecule has 2 aliphatic heterocycles. The number of fused-ring (bicyclic) bond motifs is 2. The molecule has 1 atom stereocenters. The quantitative estimate of drug-likeness (QED) is 0.372. The van der Waals surface area contributed by atoms with E-state index in [1.807, 2.05) is 18.2 Å². The van der Waals surface area contributed by atoms with Gasteiger partial charge < -0.3 is 30.7 Å². The number of nitrogens with two attached hydrogens (primary N) is 1. The molecular weight excluding hydrogens is 560 g/mol. The largest absolute Gasteiger partial charge is 0.497 e. The van der Waals surface area contributed by atoms with Crippen LogP contribution >= 0.6 is 23.4 Å². The van der Waals surface area contributed by atoms with Crippen LogP contribution < -0.4 is 20.7 Å². The highest BCUT2D eigenvalue weighted by Gasteiger charge is 2.46. The Balaban J connectivity index is 1.12. The molecule has 1 aromatic heterocycles. The van der Waals surface area contributed by atoms with Crippen molar-refractivity contribution < 1.29 is 14.6 Å². The van der Waals surface area contributed by atoms with Gasteiger partial charge in [-0.3, -0.25) is 4.79 Å². The Hall–Kier alpha value is -3.05. The van der Waals surface area contributed by atoms with Crippen molar-refractivity contribution in [1.29, 1.82) is 0 Å². The van der Waals surface area contributed by atoms with E-state index in [4.69, 9.17) is 27.1 Å². The summed E-state index contributed by atoms with van der Waals surface area (Å²) in [5.74, 6) is 1.49. The second-order valence-electron chi connectivity index (χ2n) is 11.8. The van der Waals surface area contributed by atoms with Crippen LogP contribution in [0.2, 0.25) is 5.02 Å². The number of hydrogen-bond donors (Lipinski definition) is 3. The summed E-state index contributed by atoms with van der Waals surface area (Å²) in [6.07, 6.45) is 6.53. The van der Waals surface area contributed by atoms with Gasteiger partial charge >= 0.3 is 0 Å². The average Bonchev–Trinajstić information content (AvgIpc) is 3.22. The van der Waals surface area contributed by atoms with Gasteiger partial charge in [-0.05, 0) is 73.9 Å². The molecule has 3 aromatic rings. The van der Waals surface area contributed by atoms with Gasteiger partial charge in [0.25, 0.3) is 5.91 Å². The van der Waals surface area contributed by atoms with Gasteiger partial charge in [-0.1, -0.05) is 29.4 Å². The molecular formula is C30H35ClN6O3S. The number of rotatable bonds is 6. The third-order valence-electron chi connectivity index (χ3n) is 8.45. The number of nitrogens with zero attached hydrogens (tertiary/aromatic N) is 4. The molecule has 2 aromatic carbocycles. The Morgan fingerprint density at radius 1 is 1.22 bits per heavy atom. The Morgan fingerprint density at radius 2 is 2.00 bits per heavy atom. The van der Waals surface area contributed by atoms with Gasteiger partial charge in [0.15, 0.2) is 0 Å². The van der Waals surface area contributed by atoms with Gasteiger partial charge in [-0.2, -0.15) is 0 Å². The lowest BCUT2D eigenvalue weighted by Gasteiger charge is -2.42. The molecule has 4 N–H and O–H groups in total. The maximum Gasteiger partial charge on any atom is 0.259 e. The van der Waals surface area contributed by atoms with E-state index in [-0.39, 0.29) is 23.9 Å². The van der Waals surface area contributed by atoms with E-state index in [1.54, 1.807) is 38.3 Å². The number of amides is 1. The van der Waals surface area contributed by atoms with Crippen LogP contribution in [0.3, 0.4) is 0 Å². The third kappa shape index (κ3) is 5.34. The Bertz CT molecular complexity index is 1470. The first-order chi connectivity index (χ1) is 19.6. The molecule has 1 aliphatic carbocycles. The van der Waals surface area contributed by atoms with Crippen molar-refractivity contribution in [2.75, 3.05) is 43.6 Å². The van der Waals surface area contributed by atoms with E-state index in [2.05, 4.69) is 27.3 Å². The predicted molar refractivity (Wildman–Crippen MR) is 161 cm³/mol. The van der Waals surface area contributed by atoms with E-state index in [9.17, 15) is 9.90 Å². The fraction of sp³-hybridized carbons (Fsp3) is 0.433. The molecule has 3 heterocycles. The molecule has 41 heavy (non-hydrogen) atoms. The van der Waals surface area contributed by atoms with Crippen LogP contribution in [0.15, 0.2) is 52.6 Å². The minimum Gasteiger partial charge on any atom is -0.497 e. The second-order valence-corrected chi connectivity index (χ2v) is 13.3. The molecule has 0 bridgehead atoms. The number of carbonyl (C=O) groups is 1. The minimum atomic E-state index is -1.01. The van der Waals surface area contributed by atoms with Gasteiger partial charge in [-0.15, -0.1) is 0 Å². The minimum absolute atomic E-state index is 0.00488. The molecule has 1 amide bonds. The molecule has 1 fully saturated rings. The number of piperidine rings is 1. The molecule has 6 rings (SSSR count). The van der Waals surface area contributed by atoms with E-state index < -0.39 is 5.60 Å². The second kappa shape index (κ2) is 10.7. The highest BCUT2D eigenvalue weighted by atomic mass is 35.5. The van der Waals surface area contributed by atoms with E-state index in [0.29, 0.717) is 28.0 Å². The first kappa shape index (κ1) is 28.1. The zero-order valence-corrected chi connectivity index (χ0v) is 25.1. The Kier molecular flexibility index (Phi) is 7.30. The van der Waals surface area contributed by atoms with Crippen molar-refractivity contribution in [2.45, 2.75) is 54.7 Å². The fourth-order valence-corrected chi connectivity index (χ4v) is 7.40. The third-order valence-corrected chi connectivity index (χ3v) is 9.93. The lowest BCUT2D eigenvalue weighted by molar-refractivity contribution is 0.0311. The number of anilines is 2. The molecule has 0 radical (unpaired) electrons. The summed E-state index contributed by atoms with van der Waals surface area (Å²) >= 11 is 8.11. The molecule has 11 heteroatoms. The maximum atomic E-state index is 13.2. The molecule has 3 aliphatic rings. The zero-order valence-electron chi connectivity index (χ0n) is 23.5. The van der Waals surface area contributed by atoms with E-state index in [0.717, 1.165) is 48.8 Å². The summed E-state index contributed by atoms with van der Waals surface area (Å²) in [5, 5.41) is 14.5. The lowest BCUT2D eigenvalue weighted by Crippen LogP contribution is -2.47. The highest BCUT2D eigenvalue weighted by molar-refractivity contribution is 7.99. The van der Waals surface area contributed by atoms with Crippen LogP contribution in [0, 0.1) is 5.41 Å². The predicted octanol–water partition coefficient (Wildman–Crippen LogP) is 4.73. The number of halogens is 1. The van der Waals surface area contributed by atoms with Crippen LogP contribution in [0.1, 0.15) is 54.2 Å². The van der Waals surface area contributed by atoms with Gasteiger partial charge in [-0.25, -0.2) is 9.97 Å². The van der Waals surface area contributed by atoms with Gasteiger partial charge in [0, 0.05) is 29.7 Å². The fourth-order valence-electron chi connectivity index (χ4n) is 6.27. The number of benzene rings is 2. The number of ether oxygens (including phenoxy) is 1. The first-order valence-electron chi connectivity index (χ1n) is 13.8. The number of hydrogen-bond acceptors (Lipinski definition) is 9. The van der Waals surface area contributed by atoms with E-state index >= 15 is 0 Å².